The number of hydrogen-bond acceptors (Lipinski definition) is 2. The van der Waals surface area contributed by atoms with Gasteiger partial charge in [0.25, 0.3) is 0 Å². The van der Waals surface area contributed by atoms with Crippen LogP contribution in [0.15, 0.2) is 23.9 Å². The monoisotopic (exact) mass is 301 g/mol. The molecule has 3 nitrogen and oxygen atoms in total. The highest BCUT2D eigenvalue weighted by Crippen LogP contribution is 2.25. The average molecular weight is 301 g/mol. The molecule has 0 amide bonds. The number of hydrogen-bond donors (Lipinski definition) is 1. The Labute approximate surface area is 135 Å². The van der Waals surface area contributed by atoms with Crippen molar-refractivity contribution >= 4 is 5.57 Å². The highest BCUT2D eigenvalue weighted by Gasteiger charge is 2.18. The van der Waals surface area contributed by atoms with Crippen LogP contribution in [0.2, 0.25) is 0 Å². The lowest BCUT2D eigenvalue weighted by molar-refractivity contribution is 0.334. The van der Waals surface area contributed by atoms with Crippen LogP contribution in [0, 0.1) is 12.8 Å². The lowest BCUT2D eigenvalue weighted by Gasteiger charge is -2.28. The number of aromatic nitrogens is 2. The van der Waals surface area contributed by atoms with Crippen molar-refractivity contribution in [3.8, 4) is 0 Å². The SMILES string of the molecule is CCCC1CCC(/C=C/C(=C(C)C)c2c(C)cnn2C)CN1. The van der Waals surface area contributed by atoms with Crippen molar-refractivity contribution in [3.05, 3.63) is 35.2 Å². The largest absolute Gasteiger partial charge is 0.313 e. The molecular weight excluding hydrogens is 270 g/mol. The van der Waals surface area contributed by atoms with E-state index in [1.165, 1.54) is 48.1 Å². The lowest BCUT2D eigenvalue weighted by Crippen LogP contribution is -2.38. The summed E-state index contributed by atoms with van der Waals surface area (Å²) in [4.78, 5) is 0. The predicted octanol–water partition coefficient (Wildman–Crippen LogP) is 4.25. The Bertz CT molecular complexity index is 520. The Kier molecular flexibility index (Phi) is 6.01. The molecule has 1 aliphatic heterocycles. The number of aryl methyl sites for hydroxylation is 2. The van der Waals surface area contributed by atoms with Crippen molar-refractivity contribution in [1.82, 2.24) is 15.1 Å². The molecule has 1 fully saturated rings. The molecule has 1 aliphatic rings. The fourth-order valence-electron chi connectivity index (χ4n) is 3.35. The zero-order chi connectivity index (χ0) is 16.1. The highest BCUT2D eigenvalue weighted by atomic mass is 15.3. The molecular formula is C19H31N3. The van der Waals surface area contributed by atoms with Gasteiger partial charge in [-0.05, 0) is 57.1 Å². The molecule has 3 heteroatoms. The number of allylic oxidation sites excluding steroid dienone is 3. The van der Waals surface area contributed by atoms with Gasteiger partial charge < -0.3 is 5.32 Å². The first-order valence-corrected chi connectivity index (χ1v) is 8.61. The van der Waals surface area contributed by atoms with Crippen LogP contribution in [0.1, 0.15) is 57.7 Å². The van der Waals surface area contributed by atoms with Crippen LogP contribution in [0.5, 0.6) is 0 Å². The highest BCUT2D eigenvalue weighted by molar-refractivity contribution is 5.75. The Morgan fingerprint density at radius 1 is 1.41 bits per heavy atom. The van der Waals surface area contributed by atoms with Gasteiger partial charge in [-0.2, -0.15) is 5.10 Å². The van der Waals surface area contributed by atoms with E-state index in [0.717, 1.165) is 12.6 Å². The summed E-state index contributed by atoms with van der Waals surface area (Å²) < 4.78 is 1.98. The van der Waals surface area contributed by atoms with Crippen molar-refractivity contribution < 1.29 is 0 Å². The molecule has 1 saturated heterocycles. The van der Waals surface area contributed by atoms with E-state index in [2.05, 4.69) is 50.3 Å². The molecule has 2 rings (SSSR count). The van der Waals surface area contributed by atoms with E-state index >= 15 is 0 Å². The van der Waals surface area contributed by atoms with Crippen molar-refractivity contribution in [2.24, 2.45) is 13.0 Å². The molecule has 2 atom stereocenters. The van der Waals surface area contributed by atoms with Gasteiger partial charge in [-0.25, -0.2) is 0 Å². The van der Waals surface area contributed by atoms with Crippen molar-refractivity contribution in [3.63, 3.8) is 0 Å². The summed E-state index contributed by atoms with van der Waals surface area (Å²) in [5, 5.41) is 8.08. The standard InChI is InChI=1S/C19H31N3/c1-6-7-17-10-8-16(13-20-17)9-11-18(14(2)3)19-15(4)12-21-22(19)5/h9,11-12,16-17,20H,6-8,10,13H2,1-5H3/b11-9+. The van der Waals surface area contributed by atoms with Crippen LogP contribution in [0.25, 0.3) is 5.57 Å². The molecule has 1 aromatic rings. The number of nitrogens with zero attached hydrogens (tertiary/aromatic N) is 2. The Morgan fingerprint density at radius 2 is 2.18 bits per heavy atom. The van der Waals surface area contributed by atoms with Crippen molar-refractivity contribution in [1.29, 1.82) is 0 Å². The topological polar surface area (TPSA) is 29.9 Å². The molecule has 2 unspecified atom stereocenters. The quantitative estimate of drug-likeness (QED) is 0.824. The molecule has 0 aromatic carbocycles. The van der Waals surface area contributed by atoms with E-state index < -0.39 is 0 Å². The van der Waals surface area contributed by atoms with Gasteiger partial charge in [-0.3, -0.25) is 4.68 Å². The van der Waals surface area contributed by atoms with E-state index in [-0.39, 0.29) is 0 Å². The van der Waals surface area contributed by atoms with Gasteiger partial charge in [0.15, 0.2) is 0 Å². The molecule has 122 valence electrons. The van der Waals surface area contributed by atoms with Crippen LogP contribution in [0.3, 0.4) is 0 Å². The van der Waals surface area contributed by atoms with Crippen LogP contribution in [0.4, 0.5) is 0 Å². The molecule has 1 aromatic heterocycles. The second-order valence-electron chi connectivity index (χ2n) is 6.80. The first kappa shape index (κ1) is 17.0. The van der Waals surface area contributed by atoms with Gasteiger partial charge in [0.05, 0.1) is 11.9 Å². The van der Waals surface area contributed by atoms with Crippen molar-refractivity contribution in [2.75, 3.05) is 6.54 Å². The maximum absolute atomic E-state index is 4.38. The Morgan fingerprint density at radius 3 is 2.68 bits per heavy atom. The summed E-state index contributed by atoms with van der Waals surface area (Å²) in [6.07, 6.45) is 11.8. The summed E-state index contributed by atoms with van der Waals surface area (Å²) in [5.41, 5.74) is 5.14. The van der Waals surface area contributed by atoms with Gasteiger partial charge in [0.2, 0.25) is 0 Å². The second-order valence-corrected chi connectivity index (χ2v) is 6.80. The summed E-state index contributed by atoms with van der Waals surface area (Å²) in [6.45, 7) is 9.88. The predicted molar refractivity (Wildman–Crippen MR) is 94.8 cm³/mol. The van der Waals surface area contributed by atoms with Gasteiger partial charge in [0, 0.05) is 19.6 Å². The summed E-state index contributed by atoms with van der Waals surface area (Å²) in [6, 6.07) is 0.733. The third-order valence-electron chi connectivity index (χ3n) is 4.64. The lowest BCUT2D eigenvalue weighted by atomic mass is 9.91. The number of rotatable bonds is 5. The van der Waals surface area contributed by atoms with Gasteiger partial charge in [-0.1, -0.05) is 31.1 Å². The second kappa shape index (κ2) is 7.77. The maximum atomic E-state index is 4.38. The fourth-order valence-corrected chi connectivity index (χ4v) is 3.35. The zero-order valence-corrected chi connectivity index (χ0v) is 14.8. The van der Waals surface area contributed by atoms with E-state index in [1.807, 2.05) is 17.9 Å². The van der Waals surface area contributed by atoms with Gasteiger partial charge >= 0.3 is 0 Å². The summed E-state index contributed by atoms with van der Waals surface area (Å²) in [5.74, 6) is 0.649. The van der Waals surface area contributed by atoms with Crippen molar-refractivity contribution in [2.45, 2.75) is 59.4 Å². The smallest absolute Gasteiger partial charge is 0.0707 e. The Balaban J connectivity index is 2.06. The van der Waals surface area contributed by atoms with E-state index in [4.69, 9.17) is 0 Å². The van der Waals surface area contributed by atoms with Crippen LogP contribution in [-0.4, -0.2) is 22.4 Å². The first-order valence-electron chi connectivity index (χ1n) is 8.61. The molecule has 0 bridgehead atoms. The van der Waals surface area contributed by atoms with Gasteiger partial charge in [0.1, 0.15) is 0 Å². The normalized spacial score (nSPS) is 22.2. The third-order valence-corrected chi connectivity index (χ3v) is 4.64. The number of piperidine rings is 1. The minimum absolute atomic E-state index is 0.649. The van der Waals surface area contributed by atoms with E-state index in [0.29, 0.717) is 5.92 Å². The molecule has 0 spiro atoms. The zero-order valence-electron chi connectivity index (χ0n) is 14.8. The maximum Gasteiger partial charge on any atom is 0.0707 e. The summed E-state index contributed by atoms with van der Waals surface area (Å²) in [7, 11) is 2.02. The molecule has 0 saturated carbocycles. The molecule has 1 N–H and O–H groups in total. The first-order chi connectivity index (χ1) is 10.5. The van der Waals surface area contributed by atoms with Crippen LogP contribution < -0.4 is 5.32 Å². The fraction of sp³-hybridized carbons (Fsp3) is 0.632. The van der Waals surface area contributed by atoms with E-state index in [1.54, 1.807) is 0 Å². The summed E-state index contributed by atoms with van der Waals surface area (Å²) >= 11 is 0. The molecule has 22 heavy (non-hydrogen) atoms. The third kappa shape index (κ3) is 4.10. The minimum Gasteiger partial charge on any atom is -0.313 e. The average Bonchev–Trinajstić information content (AvgIpc) is 2.81. The molecule has 0 aliphatic carbocycles. The van der Waals surface area contributed by atoms with Crippen LogP contribution >= 0.6 is 0 Å². The van der Waals surface area contributed by atoms with E-state index in [9.17, 15) is 0 Å². The molecule has 0 radical (unpaired) electrons. The minimum atomic E-state index is 0.649. The van der Waals surface area contributed by atoms with Crippen LogP contribution in [-0.2, 0) is 7.05 Å². The number of nitrogens with one attached hydrogen (secondary N) is 1. The molecule has 2 heterocycles. The van der Waals surface area contributed by atoms with Gasteiger partial charge in [-0.15, -0.1) is 0 Å². The Hall–Kier alpha value is -1.35.